The molecule has 0 radical (unpaired) electrons. The Morgan fingerprint density at radius 3 is 2.44 bits per heavy atom. The van der Waals surface area contributed by atoms with E-state index in [4.69, 9.17) is 5.73 Å². The van der Waals surface area contributed by atoms with E-state index < -0.39 is 0 Å². The van der Waals surface area contributed by atoms with Gasteiger partial charge in [-0.25, -0.2) is 0 Å². The second kappa shape index (κ2) is 4.88. The predicted molar refractivity (Wildman–Crippen MR) is 67.8 cm³/mol. The van der Waals surface area contributed by atoms with E-state index in [1.165, 1.54) is 0 Å². The van der Waals surface area contributed by atoms with E-state index in [0.717, 1.165) is 12.2 Å². The number of amides is 1. The van der Waals surface area contributed by atoms with Crippen molar-refractivity contribution in [3.63, 3.8) is 0 Å². The SMILES string of the molecule is CCN(C)c1cc(C(=O)N(C)C)ccc1N. The monoisotopic (exact) mass is 221 g/mol. The summed E-state index contributed by atoms with van der Waals surface area (Å²) < 4.78 is 0. The number of hydrogen-bond donors (Lipinski definition) is 1. The Morgan fingerprint density at radius 2 is 1.94 bits per heavy atom. The maximum atomic E-state index is 11.8. The van der Waals surface area contributed by atoms with E-state index in [2.05, 4.69) is 0 Å². The normalized spacial score (nSPS) is 10.0. The fourth-order valence-electron chi connectivity index (χ4n) is 1.44. The fraction of sp³-hybridized carbons (Fsp3) is 0.417. The Hall–Kier alpha value is -1.71. The Kier molecular flexibility index (Phi) is 3.77. The van der Waals surface area contributed by atoms with Gasteiger partial charge in [-0.1, -0.05) is 0 Å². The average Bonchev–Trinajstić information content (AvgIpc) is 2.27. The van der Waals surface area contributed by atoms with Gasteiger partial charge in [0.25, 0.3) is 5.91 Å². The molecular formula is C12H19N3O. The summed E-state index contributed by atoms with van der Waals surface area (Å²) in [5.74, 6) is -0.00856. The summed E-state index contributed by atoms with van der Waals surface area (Å²) in [6.07, 6.45) is 0. The van der Waals surface area contributed by atoms with Gasteiger partial charge in [0.05, 0.1) is 11.4 Å². The smallest absolute Gasteiger partial charge is 0.253 e. The maximum Gasteiger partial charge on any atom is 0.253 e. The molecule has 1 amide bonds. The number of carbonyl (C=O) groups is 1. The number of anilines is 2. The zero-order valence-corrected chi connectivity index (χ0v) is 10.3. The topological polar surface area (TPSA) is 49.6 Å². The highest BCUT2D eigenvalue weighted by Gasteiger charge is 2.11. The molecule has 2 N–H and O–H groups in total. The van der Waals surface area contributed by atoms with E-state index in [9.17, 15) is 4.79 Å². The van der Waals surface area contributed by atoms with Crippen molar-refractivity contribution < 1.29 is 4.79 Å². The second-order valence-corrected chi connectivity index (χ2v) is 3.99. The molecule has 0 spiro atoms. The molecule has 1 rings (SSSR count). The number of nitrogens with two attached hydrogens (primary N) is 1. The third-order valence-electron chi connectivity index (χ3n) is 2.57. The van der Waals surface area contributed by atoms with Gasteiger partial charge in [0.1, 0.15) is 0 Å². The second-order valence-electron chi connectivity index (χ2n) is 3.99. The summed E-state index contributed by atoms with van der Waals surface area (Å²) in [4.78, 5) is 15.4. The summed E-state index contributed by atoms with van der Waals surface area (Å²) in [5, 5.41) is 0. The lowest BCUT2D eigenvalue weighted by Gasteiger charge is -2.20. The highest BCUT2D eigenvalue weighted by Crippen LogP contribution is 2.23. The molecule has 16 heavy (non-hydrogen) atoms. The molecule has 0 saturated carbocycles. The number of carbonyl (C=O) groups excluding carboxylic acids is 1. The standard InChI is InChI=1S/C12H19N3O/c1-5-15(4)11-8-9(6-7-10(11)13)12(16)14(2)3/h6-8H,5,13H2,1-4H3. The number of benzene rings is 1. The summed E-state index contributed by atoms with van der Waals surface area (Å²) in [5.41, 5.74) is 8.13. The first-order chi connectivity index (χ1) is 7.47. The van der Waals surface area contributed by atoms with Crippen LogP contribution in [-0.4, -0.2) is 38.5 Å². The van der Waals surface area contributed by atoms with Crippen molar-refractivity contribution in [2.75, 3.05) is 38.3 Å². The van der Waals surface area contributed by atoms with Crippen LogP contribution in [0.4, 0.5) is 11.4 Å². The summed E-state index contributed by atoms with van der Waals surface area (Å²) in [7, 11) is 5.43. The molecular weight excluding hydrogens is 202 g/mol. The van der Waals surface area contributed by atoms with Gasteiger partial charge in [0.2, 0.25) is 0 Å². The molecule has 4 heteroatoms. The van der Waals surface area contributed by atoms with Crippen molar-refractivity contribution in [2.24, 2.45) is 0 Å². The van der Waals surface area contributed by atoms with E-state index in [1.807, 2.05) is 24.9 Å². The van der Waals surface area contributed by atoms with E-state index in [0.29, 0.717) is 11.3 Å². The molecule has 0 heterocycles. The molecule has 0 aliphatic carbocycles. The van der Waals surface area contributed by atoms with Crippen molar-refractivity contribution in [2.45, 2.75) is 6.92 Å². The lowest BCUT2D eigenvalue weighted by molar-refractivity contribution is 0.0827. The average molecular weight is 221 g/mol. The molecule has 0 atom stereocenters. The first kappa shape index (κ1) is 12.4. The van der Waals surface area contributed by atoms with Gasteiger partial charge in [0.15, 0.2) is 0 Å². The zero-order valence-electron chi connectivity index (χ0n) is 10.3. The van der Waals surface area contributed by atoms with Crippen molar-refractivity contribution in [3.8, 4) is 0 Å². The Morgan fingerprint density at radius 1 is 1.31 bits per heavy atom. The Labute approximate surface area is 96.6 Å². The molecule has 88 valence electrons. The molecule has 0 aliphatic heterocycles. The van der Waals surface area contributed by atoms with Gasteiger partial charge >= 0.3 is 0 Å². The minimum absolute atomic E-state index is 0.00856. The maximum absolute atomic E-state index is 11.8. The van der Waals surface area contributed by atoms with Gasteiger partial charge < -0.3 is 15.5 Å². The van der Waals surface area contributed by atoms with Crippen LogP contribution in [0.25, 0.3) is 0 Å². The van der Waals surface area contributed by atoms with Crippen molar-refractivity contribution in [3.05, 3.63) is 23.8 Å². The van der Waals surface area contributed by atoms with Crippen LogP contribution in [0, 0.1) is 0 Å². The lowest BCUT2D eigenvalue weighted by atomic mass is 10.1. The molecule has 0 aliphatic rings. The number of nitrogen functional groups attached to an aromatic ring is 1. The van der Waals surface area contributed by atoms with E-state index in [1.54, 1.807) is 31.1 Å². The lowest BCUT2D eigenvalue weighted by Crippen LogP contribution is -2.23. The molecule has 0 saturated heterocycles. The fourth-order valence-corrected chi connectivity index (χ4v) is 1.44. The Bertz CT molecular complexity index is 388. The van der Waals surface area contributed by atoms with Crippen LogP contribution >= 0.6 is 0 Å². The molecule has 0 fully saturated rings. The third-order valence-corrected chi connectivity index (χ3v) is 2.57. The first-order valence-corrected chi connectivity index (χ1v) is 5.29. The van der Waals surface area contributed by atoms with Crippen LogP contribution in [0.3, 0.4) is 0 Å². The quantitative estimate of drug-likeness (QED) is 0.785. The highest BCUT2D eigenvalue weighted by atomic mass is 16.2. The summed E-state index contributed by atoms with van der Waals surface area (Å²) in [6, 6.07) is 5.37. The minimum atomic E-state index is -0.00856. The van der Waals surface area contributed by atoms with Gasteiger partial charge in [-0.15, -0.1) is 0 Å². The van der Waals surface area contributed by atoms with E-state index >= 15 is 0 Å². The van der Waals surface area contributed by atoms with Crippen molar-refractivity contribution >= 4 is 17.3 Å². The minimum Gasteiger partial charge on any atom is -0.397 e. The Balaban J connectivity index is 3.12. The van der Waals surface area contributed by atoms with Gasteiger partial charge in [-0.2, -0.15) is 0 Å². The van der Waals surface area contributed by atoms with Gasteiger partial charge in [-0.3, -0.25) is 4.79 Å². The molecule has 0 aromatic heterocycles. The van der Waals surface area contributed by atoms with E-state index in [-0.39, 0.29) is 5.91 Å². The van der Waals surface area contributed by atoms with Crippen LogP contribution < -0.4 is 10.6 Å². The molecule has 1 aromatic carbocycles. The molecule has 1 aromatic rings. The summed E-state index contributed by atoms with van der Waals surface area (Å²) in [6.45, 7) is 2.89. The van der Waals surface area contributed by atoms with Crippen LogP contribution in [0.5, 0.6) is 0 Å². The summed E-state index contributed by atoms with van der Waals surface area (Å²) >= 11 is 0. The number of rotatable bonds is 3. The number of hydrogen-bond acceptors (Lipinski definition) is 3. The number of nitrogens with zero attached hydrogens (tertiary/aromatic N) is 2. The largest absolute Gasteiger partial charge is 0.397 e. The van der Waals surface area contributed by atoms with Gasteiger partial charge in [0, 0.05) is 33.3 Å². The van der Waals surface area contributed by atoms with Crippen LogP contribution in [0.2, 0.25) is 0 Å². The molecule has 4 nitrogen and oxygen atoms in total. The van der Waals surface area contributed by atoms with Crippen molar-refractivity contribution in [1.29, 1.82) is 0 Å². The van der Waals surface area contributed by atoms with Crippen LogP contribution in [0.1, 0.15) is 17.3 Å². The molecule has 0 bridgehead atoms. The third kappa shape index (κ3) is 2.45. The predicted octanol–water partition coefficient (Wildman–Crippen LogP) is 1.43. The highest BCUT2D eigenvalue weighted by molar-refractivity contribution is 5.96. The van der Waals surface area contributed by atoms with Crippen molar-refractivity contribution in [1.82, 2.24) is 4.90 Å². The van der Waals surface area contributed by atoms with Crippen LogP contribution in [0.15, 0.2) is 18.2 Å². The van der Waals surface area contributed by atoms with Gasteiger partial charge in [-0.05, 0) is 25.1 Å². The van der Waals surface area contributed by atoms with Crippen LogP contribution in [-0.2, 0) is 0 Å². The first-order valence-electron chi connectivity index (χ1n) is 5.29. The zero-order chi connectivity index (χ0) is 12.3. The molecule has 0 unspecified atom stereocenters.